The van der Waals surface area contributed by atoms with Crippen molar-refractivity contribution >= 4 is 17.5 Å². The summed E-state index contributed by atoms with van der Waals surface area (Å²) in [6, 6.07) is 14.4. The maximum Gasteiger partial charge on any atom is 0.252 e. The summed E-state index contributed by atoms with van der Waals surface area (Å²) in [5, 5.41) is 0.503. The van der Waals surface area contributed by atoms with Crippen LogP contribution in [0.25, 0.3) is 0 Å². The van der Waals surface area contributed by atoms with Crippen molar-refractivity contribution in [3.05, 3.63) is 64.7 Å². The Kier molecular flexibility index (Phi) is 3.85. The van der Waals surface area contributed by atoms with Crippen LogP contribution < -0.4 is 10.5 Å². The number of carbonyl (C=O) groups excluding carboxylic acids is 1. The number of rotatable bonds is 4. The second kappa shape index (κ2) is 5.56. The van der Waals surface area contributed by atoms with Crippen LogP contribution in [0.15, 0.2) is 48.5 Å². The zero-order chi connectivity index (χ0) is 13.0. The Morgan fingerprint density at radius 2 is 1.89 bits per heavy atom. The number of hydrogen-bond donors (Lipinski definition) is 1. The molecule has 1 amide bonds. The molecule has 0 atom stereocenters. The molecular weight excluding hydrogens is 250 g/mol. The highest BCUT2D eigenvalue weighted by Gasteiger charge is 2.10. The molecule has 92 valence electrons. The molecule has 2 aromatic carbocycles. The molecule has 0 aliphatic rings. The molecule has 4 heteroatoms. The van der Waals surface area contributed by atoms with Crippen LogP contribution in [0.1, 0.15) is 15.9 Å². The first-order chi connectivity index (χ1) is 8.66. The molecule has 0 heterocycles. The number of benzene rings is 2. The second-order valence-corrected chi connectivity index (χ2v) is 4.22. The second-order valence-electron chi connectivity index (χ2n) is 3.78. The molecule has 2 aromatic rings. The summed E-state index contributed by atoms with van der Waals surface area (Å²) < 4.78 is 5.58. The van der Waals surface area contributed by atoms with Crippen molar-refractivity contribution < 1.29 is 9.53 Å². The van der Waals surface area contributed by atoms with E-state index in [0.717, 1.165) is 5.56 Å². The molecule has 3 nitrogen and oxygen atoms in total. The van der Waals surface area contributed by atoms with Crippen molar-refractivity contribution in [2.75, 3.05) is 0 Å². The molecule has 0 radical (unpaired) electrons. The minimum atomic E-state index is -0.533. The molecule has 0 aliphatic heterocycles. The summed E-state index contributed by atoms with van der Waals surface area (Å²) in [4.78, 5) is 11.2. The minimum Gasteiger partial charge on any atom is -0.488 e. The Bertz CT molecular complexity index is 555. The van der Waals surface area contributed by atoms with Crippen LogP contribution in [0.5, 0.6) is 5.75 Å². The molecule has 0 spiro atoms. The van der Waals surface area contributed by atoms with E-state index in [9.17, 15) is 4.79 Å². The quantitative estimate of drug-likeness (QED) is 0.920. The van der Waals surface area contributed by atoms with Crippen molar-refractivity contribution in [1.82, 2.24) is 0 Å². The van der Waals surface area contributed by atoms with Crippen molar-refractivity contribution in [1.29, 1.82) is 0 Å². The van der Waals surface area contributed by atoms with Gasteiger partial charge in [-0.3, -0.25) is 4.79 Å². The summed E-state index contributed by atoms with van der Waals surface area (Å²) in [7, 11) is 0. The Morgan fingerprint density at radius 3 is 2.56 bits per heavy atom. The molecule has 0 saturated carbocycles. The van der Waals surface area contributed by atoms with Gasteiger partial charge in [-0.05, 0) is 23.8 Å². The van der Waals surface area contributed by atoms with Gasteiger partial charge in [-0.15, -0.1) is 0 Å². The van der Waals surface area contributed by atoms with Crippen LogP contribution >= 0.6 is 11.6 Å². The van der Waals surface area contributed by atoms with Gasteiger partial charge in [0.1, 0.15) is 12.4 Å². The molecule has 0 aromatic heterocycles. The van der Waals surface area contributed by atoms with Gasteiger partial charge < -0.3 is 10.5 Å². The van der Waals surface area contributed by atoms with E-state index in [0.29, 0.717) is 22.9 Å². The fraction of sp³-hybridized carbons (Fsp3) is 0.0714. The number of primary amides is 1. The molecule has 0 aliphatic carbocycles. The normalized spacial score (nSPS) is 10.1. The van der Waals surface area contributed by atoms with E-state index in [1.165, 1.54) is 0 Å². The van der Waals surface area contributed by atoms with E-state index in [4.69, 9.17) is 22.1 Å². The molecule has 0 bridgehead atoms. The summed E-state index contributed by atoms with van der Waals surface area (Å²) in [6.07, 6.45) is 0. The van der Waals surface area contributed by atoms with Gasteiger partial charge in [0, 0.05) is 5.02 Å². The van der Waals surface area contributed by atoms with Gasteiger partial charge in [0.15, 0.2) is 0 Å². The van der Waals surface area contributed by atoms with Gasteiger partial charge in [-0.25, -0.2) is 0 Å². The number of hydrogen-bond acceptors (Lipinski definition) is 2. The molecule has 2 rings (SSSR count). The zero-order valence-corrected chi connectivity index (χ0v) is 10.4. The van der Waals surface area contributed by atoms with Gasteiger partial charge in [-0.2, -0.15) is 0 Å². The van der Waals surface area contributed by atoms with Crippen LogP contribution in [0, 0.1) is 0 Å². The van der Waals surface area contributed by atoms with E-state index in [2.05, 4.69) is 0 Å². The van der Waals surface area contributed by atoms with Crippen LogP contribution in [0.4, 0.5) is 0 Å². The predicted molar refractivity (Wildman–Crippen MR) is 70.7 cm³/mol. The van der Waals surface area contributed by atoms with Gasteiger partial charge in [0.25, 0.3) is 5.91 Å². The lowest BCUT2D eigenvalue weighted by atomic mass is 10.2. The number of halogens is 1. The van der Waals surface area contributed by atoms with Gasteiger partial charge >= 0.3 is 0 Å². The van der Waals surface area contributed by atoms with Crippen molar-refractivity contribution in [2.45, 2.75) is 6.61 Å². The Morgan fingerprint density at radius 1 is 1.17 bits per heavy atom. The first-order valence-corrected chi connectivity index (χ1v) is 5.80. The average Bonchev–Trinajstić information content (AvgIpc) is 2.37. The highest BCUT2D eigenvalue weighted by molar-refractivity contribution is 6.30. The van der Waals surface area contributed by atoms with Crippen LogP contribution in [0.2, 0.25) is 5.02 Å². The Hall–Kier alpha value is -2.00. The first-order valence-electron chi connectivity index (χ1n) is 5.43. The summed E-state index contributed by atoms with van der Waals surface area (Å²) in [6.45, 7) is 0.363. The fourth-order valence-corrected chi connectivity index (χ4v) is 1.72. The smallest absolute Gasteiger partial charge is 0.252 e. The molecular formula is C14H12ClNO2. The lowest BCUT2D eigenvalue weighted by Gasteiger charge is -2.10. The summed E-state index contributed by atoms with van der Waals surface area (Å²) in [5.74, 6) is -0.131. The third kappa shape index (κ3) is 3.02. The molecule has 0 unspecified atom stereocenters. The fourth-order valence-electron chi connectivity index (χ4n) is 1.55. The monoisotopic (exact) mass is 261 g/mol. The van der Waals surface area contributed by atoms with Crippen LogP contribution in [-0.4, -0.2) is 5.91 Å². The van der Waals surface area contributed by atoms with Crippen LogP contribution in [-0.2, 0) is 6.61 Å². The lowest BCUT2D eigenvalue weighted by Crippen LogP contribution is -2.13. The highest BCUT2D eigenvalue weighted by Crippen LogP contribution is 2.24. The van der Waals surface area contributed by atoms with Gasteiger partial charge in [-0.1, -0.05) is 41.9 Å². The van der Waals surface area contributed by atoms with Crippen molar-refractivity contribution in [3.8, 4) is 5.75 Å². The number of carbonyl (C=O) groups is 1. The molecule has 0 fully saturated rings. The Balaban J connectivity index is 2.18. The van der Waals surface area contributed by atoms with Gasteiger partial charge in [0.2, 0.25) is 0 Å². The topological polar surface area (TPSA) is 52.3 Å². The first kappa shape index (κ1) is 12.5. The molecule has 18 heavy (non-hydrogen) atoms. The predicted octanol–water partition coefficient (Wildman–Crippen LogP) is 3.02. The maximum atomic E-state index is 11.2. The largest absolute Gasteiger partial charge is 0.488 e. The zero-order valence-electron chi connectivity index (χ0n) is 9.60. The molecule has 0 saturated heterocycles. The minimum absolute atomic E-state index is 0.329. The lowest BCUT2D eigenvalue weighted by molar-refractivity contribution is 0.0996. The van der Waals surface area contributed by atoms with Crippen LogP contribution in [0.3, 0.4) is 0 Å². The van der Waals surface area contributed by atoms with Crippen molar-refractivity contribution in [3.63, 3.8) is 0 Å². The number of amides is 1. The SMILES string of the molecule is NC(=O)c1ccc(Cl)cc1OCc1ccccc1. The Labute approximate surface area is 110 Å². The maximum absolute atomic E-state index is 11.2. The summed E-state index contributed by atoms with van der Waals surface area (Å²) >= 11 is 5.87. The average molecular weight is 262 g/mol. The van der Waals surface area contributed by atoms with E-state index in [-0.39, 0.29) is 0 Å². The van der Waals surface area contributed by atoms with E-state index >= 15 is 0 Å². The number of ether oxygens (including phenoxy) is 1. The highest BCUT2D eigenvalue weighted by atomic mass is 35.5. The van der Waals surface area contributed by atoms with Gasteiger partial charge in [0.05, 0.1) is 5.56 Å². The van der Waals surface area contributed by atoms with Crippen molar-refractivity contribution in [2.24, 2.45) is 5.73 Å². The standard InChI is InChI=1S/C14H12ClNO2/c15-11-6-7-12(14(16)17)13(8-11)18-9-10-4-2-1-3-5-10/h1-8H,9H2,(H2,16,17). The van der Waals surface area contributed by atoms with E-state index in [1.807, 2.05) is 30.3 Å². The van der Waals surface area contributed by atoms with E-state index in [1.54, 1.807) is 18.2 Å². The third-order valence-corrected chi connectivity index (χ3v) is 2.68. The summed E-state index contributed by atoms with van der Waals surface area (Å²) in [5.41, 5.74) is 6.61. The number of nitrogens with two attached hydrogens (primary N) is 1. The third-order valence-electron chi connectivity index (χ3n) is 2.45. The van der Waals surface area contributed by atoms with E-state index < -0.39 is 5.91 Å². The molecule has 2 N–H and O–H groups in total.